The van der Waals surface area contributed by atoms with Crippen molar-refractivity contribution in [1.29, 1.82) is 0 Å². The molecule has 0 N–H and O–H groups in total. The van der Waals surface area contributed by atoms with Gasteiger partial charge in [-0.15, -0.1) is 0 Å². The summed E-state index contributed by atoms with van der Waals surface area (Å²) >= 11 is 13.0. The van der Waals surface area contributed by atoms with E-state index in [1.54, 1.807) is 0 Å². The summed E-state index contributed by atoms with van der Waals surface area (Å²) in [5.74, 6) is 0. The Labute approximate surface area is 179 Å². The van der Waals surface area contributed by atoms with Crippen molar-refractivity contribution in [3.8, 4) is 0 Å². The van der Waals surface area contributed by atoms with Gasteiger partial charge in [0.2, 0.25) is 0 Å². The van der Waals surface area contributed by atoms with Gasteiger partial charge in [-0.2, -0.15) is 0 Å². The highest BCUT2D eigenvalue weighted by atomic mass is 35.5. The Morgan fingerprint density at radius 1 is 0.862 bits per heavy atom. The lowest BCUT2D eigenvalue weighted by Crippen LogP contribution is -1.91. The van der Waals surface area contributed by atoms with Crippen molar-refractivity contribution >= 4 is 50.7 Å². The van der Waals surface area contributed by atoms with Crippen molar-refractivity contribution in [3.05, 3.63) is 62.9 Å². The fraction of sp³-hybridized carbons (Fsp3) is 0.304. The van der Waals surface area contributed by atoms with Gasteiger partial charge in [-0.3, -0.25) is 0 Å². The second-order valence-corrected chi connectivity index (χ2v) is 8.13. The first-order chi connectivity index (χ1) is 14.0. The van der Waals surface area contributed by atoms with E-state index in [-0.39, 0.29) is 0 Å². The van der Waals surface area contributed by atoms with E-state index in [2.05, 4.69) is 35.4 Å². The number of unbranched alkanes of at least 4 members (excludes halogenated alkanes) is 3. The lowest BCUT2D eigenvalue weighted by Gasteiger charge is -2.11. The normalized spacial score (nSPS) is 11.5. The molecule has 0 fully saturated rings. The zero-order valence-corrected chi connectivity index (χ0v) is 18.2. The molecule has 0 atom stereocenters. The molecule has 0 aliphatic rings. The Kier molecular flexibility index (Phi) is 5.66. The second kappa shape index (κ2) is 8.21. The van der Waals surface area contributed by atoms with E-state index < -0.39 is 0 Å². The van der Waals surface area contributed by atoms with Crippen LogP contribution in [0.2, 0.25) is 10.0 Å². The van der Waals surface area contributed by atoms with Gasteiger partial charge in [0.15, 0.2) is 11.2 Å². The minimum Gasteiger partial charge on any atom is -0.354 e. The number of nitrogens with zero attached hydrogens (tertiary/aromatic N) is 2. The lowest BCUT2D eigenvalue weighted by atomic mass is 9.94. The number of allylic oxidation sites excluding steroid dienone is 1. The zero-order chi connectivity index (χ0) is 20.5. The summed E-state index contributed by atoms with van der Waals surface area (Å²) in [6.07, 6.45) is 6.73. The first kappa shape index (κ1) is 20.0. The minimum absolute atomic E-state index is 0.547. The fourth-order valence-corrected chi connectivity index (χ4v) is 4.10. The Morgan fingerprint density at radius 2 is 1.38 bits per heavy atom. The summed E-state index contributed by atoms with van der Waals surface area (Å²) in [4.78, 5) is 0. The molecule has 0 unspecified atom stereocenters. The average molecular weight is 429 g/mol. The van der Waals surface area contributed by atoms with E-state index in [1.165, 1.54) is 12.8 Å². The molecule has 2 aromatic heterocycles. The first-order valence-electron chi connectivity index (χ1n) is 9.81. The molecule has 0 spiro atoms. The van der Waals surface area contributed by atoms with Gasteiger partial charge in [0.1, 0.15) is 0 Å². The van der Waals surface area contributed by atoms with E-state index in [0.29, 0.717) is 21.2 Å². The summed E-state index contributed by atoms with van der Waals surface area (Å²) in [6.45, 7) is 6.04. The summed E-state index contributed by atoms with van der Waals surface area (Å²) in [5.41, 5.74) is 5.96. The number of hydrogen-bond acceptors (Lipinski definition) is 4. The number of rotatable bonds is 6. The van der Waals surface area contributed by atoms with E-state index in [4.69, 9.17) is 32.2 Å². The predicted octanol–water partition coefficient (Wildman–Crippen LogP) is 7.90. The third kappa shape index (κ3) is 3.79. The molecule has 4 nitrogen and oxygen atoms in total. The third-order valence-electron chi connectivity index (χ3n) is 5.19. The Hall–Kier alpha value is -2.30. The van der Waals surface area contributed by atoms with Gasteiger partial charge in [0.05, 0.1) is 21.4 Å². The highest BCUT2D eigenvalue weighted by molar-refractivity contribution is 6.35. The van der Waals surface area contributed by atoms with Gasteiger partial charge in [0, 0.05) is 10.8 Å². The third-order valence-corrected chi connectivity index (χ3v) is 5.75. The SMILES string of the molecule is CCCCCC=C(c1cc(Cl)c2onc(C)c2c1)c1cc(Cl)c2onc(C)c2c1. The van der Waals surface area contributed by atoms with E-state index >= 15 is 0 Å². The van der Waals surface area contributed by atoms with Crippen molar-refractivity contribution in [3.63, 3.8) is 0 Å². The standard InChI is InChI=1S/C23H22Cl2N2O2/c1-4-5-6-7-8-17(15-9-18-13(2)26-28-22(18)20(24)11-15)16-10-19-14(3)27-29-23(19)21(25)12-16/h8-12H,4-7H2,1-3H3. The van der Waals surface area contributed by atoms with Crippen molar-refractivity contribution in [2.24, 2.45) is 0 Å². The molecule has 0 aliphatic heterocycles. The molecule has 0 aliphatic carbocycles. The van der Waals surface area contributed by atoms with Gasteiger partial charge < -0.3 is 9.05 Å². The molecular formula is C23H22Cl2N2O2. The van der Waals surface area contributed by atoms with Crippen molar-refractivity contribution in [2.45, 2.75) is 46.5 Å². The Bertz CT molecular complexity index is 1130. The van der Waals surface area contributed by atoms with Crippen molar-refractivity contribution in [1.82, 2.24) is 10.3 Å². The average Bonchev–Trinajstić information content (AvgIpc) is 3.26. The largest absolute Gasteiger partial charge is 0.354 e. The molecule has 0 saturated heterocycles. The topological polar surface area (TPSA) is 52.1 Å². The molecule has 29 heavy (non-hydrogen) atoms. The highest BCUT2D eigenvalue weighted by Gasteiger charge is 2.17. The van der Waals surface area contributed by atoms with Crippen LogP contribution < -0.4 is 0 Å². The number of aryl methyl sites for hydroxylation is 2. The minimum atomic E-state index is 0.547. The van der Waals surface area contributed by atoms with E-state index in [0.717, 1.165) is 51.7 Å². The van der Waals surface area contributed by atoms with Crippen LogP contribution in [0.15, 0.2) is 39.4 Å². The molecule has 0 amide bonds. The van der Waals surface area contributed by atoms with Crippen LogP contribution in [0.3, 0.4) is 0 Å². The summed E-state index contributed by atoms with van der Waals surface area (Å²) in [5, 5.41) is 11.0. The fourth-order valence-electron chi connectivity index (χ4n) is 3.59. The zero-order valence-electron chi connectivity index (χ0n) is 16.7. The second-order valence-electron chi connectivity index (χ2n) is 7.32. The summed E-state index contributed by atoms with van der Waals surface area (Å²) in [6, 6.07) is 8.02. The maximum absolute atomic E-state index is 6.51. The quantitative estimate of drug-likeness (QED) is 0.292. The maximum Gasteiger partial charge on any atom is 0.185 e. The summed E-state index contributed by atoms with van der Waals surface area (Å²) in [7, 11) is 0. The van der Waals surface area contributed by atoms with Crippen LogP contribution >= 0.6 is 23.2 Å². The number of halogens is 2. The van der Waals surface area contributed by atoms with Crippen LogP contribution in [0.25, 0.3) is 27.5 Å². The smallest absolute Gasteiger partial charge is 0.185 e. The Balaban J connectivity index is 1.89. The van der Waals surface area contributed by atoms with Crippen LogP contribution in [0, 0.1) is 13.8 Å². The van der Waals surface area contributed by atoms with Gasteiger partial charge in [-0.1, -0.05) is 59.4 Å². The molecule has 0 bridgehead atoms. The van der Waals surface area contributed by atoms with E-state index in [1.807, 2.05) is 26.0 Å². The van der Waals surface area contributed by atoms with Gasteiger partial charge in [0.25, 0.3) is 0 Å². The molecule has 150 valence electrons. The Morgan fingerprint density at radius 3 is 1.86 bits per heavy atom. The number of hydrogen-bond donors (Lipinski definition) is 0. The molecule has 4 rings (SSSR count). The highest BCUT2D eigenvalue weighted by Crippen LogP contribution is 2.36. The van der Waals surface area contributed by atoms with Crippen LogP contribution in [-0.2, 0) is 0 Å². The number of fused-ring (bicyclic) bond motifs is 2. The monoisotopic (exact) mass is 428 g/mol. The number of aromatic nitrogens is 2. The number of benzene rings is 2. The van der Waals surface area contributed by atoms with Gasteiger partial charge >= 0.3 is 0 Å². The molecule has 2 aromatic carbocycles. The van der Waals surface area contributed by atoms with Gasteiger partial charge in [-0.05, 0) is 67.7 Å². The summed E-state index contributed by atoms with van der Waals surface area (Å²) < 4.78 is 10.7. The lowest BCUT2D eigenvalue weighted by molar-refractivity contribution is 0.450. The maximum atomic E-state index is 6.51. The van der Waals surface area contributed by atoms with Crippen molar-refractivity contribution < 1.29 is 9.05 Å². The van der Waals surface area contributed by atoms with Crippen LogP contribution in [0.1, 0.15) is 55.1 Å². The van der Waals surface area contributed by atoms with Gasteiger partial charge in [-0.25, -0.2) is 0 Å². The molecular weight excluding hydrogens is 407 g/mol. The van der Waals surface area contributed by atoms with Crippen LogP contribution in [0.4, 0.5) is 0 Å². The van der Waals surface area contributed by atoms with Crippen LogP contribution in [0.5, 0.6) is 0 Å². The molecule has 6 heteroatoms. The van der Waals surface area contributed by atoms with Crippen molar-refractivity contribution in [2.75, 3.05) is 0 Å². The predicted molar refractivity (Wildman–Crippen MR) is 119 cm³/mol. The molecule has 2 heterocycles. The molecule has 0 saturated carbocycles. The van der Waals surface area contributed by atoms with Crippen LogP contribution in [-0.4, -0.2) is 10.3 Å². The van der Waals surface area contributed by atoms with E-state index in [9.17, 15) is 0 Å². The first-order valence-corrected chi connectivity index (χ1v) is 10.6. The molecule has 0 radical (unpaired) electrons. The molecule has 4 aromatic rings.